The van der Waals surface area contributed by atoms with Crippen molar-refractivity contribution in [3.63, 3.8) is 0 Å². The van der Waals surface area contributed by atoms with Gasteiger partial charge in [-0.15, -0.1) is 0 Å². The number of benzene rings is 2. The van der Waals surface area contributed by atoms with Crippen LogP contribution in [0.1, 0.15) is 16.7 Å². The van der Waals surface area contributed by atoms with E-state index < -0.39 is 0 Å². The third kappa shape index (κ3) is 3.45. The molecular formula is C15H15NO. The monoisotopic (exact) mass is 225 g/mol. The van der Waals surface area contributed by atoms with Crippen LogP contribution in [0, 0.1) is 12.1 Å². The summed E-state index contributed by atoms with van der Waals surface area (Å²) in [5, 5.41) is 11.7. The Labute approximate surface area is 101 Å². The smallest absolute Gasteiger partial charge is 0.182 e. The van der Waals surface area contributed by atoms with Crippen LogP contribution >= 0.6 is 0 Å². The number of hydrogen-bond acceptors (Lipinski definition) is 1. The zero-order valence-corrected chi connectivity index (χ0v) is 9.84. The van der Waals surface area contributed by atoms with Crippen molar-refractivity contribution in [2.24, 2.45) is 0 Å². The van der Waals surface area contributed by atoms with Gasteiger partial charge in [-0.1, -0.05) is 48.0 Å². The van der Waals surface area contributed by atoms with Gasteiger partial charge in [0.2, 0.25) is 0 Å². The van der Waals surface area contributed by atoms with Crippen LogP contribution in [0.15, 0.2) is 54.6 Å². The third-order valence-electron chi connectivity index (χ3n) is 2.55. The molecule has 0 aliphatic carbocycles. The van der Waals surface area contributed by atoms with E-state index in [9.17, 15) is 5.21 Å². The number of nitrogens with zero attached hydrogens (tertiary/aromatic N) is 1. The Balaban J connectivity index is 2.09. The minimum Gasteiger partial charge on any atom is -0.624 e. The van der Waals surface area contributed by atoms with E-state index in [1.807, 2.05) is 61.5 Å². The van der Waals surface area contributed by atoms with Gasteiger partial charge in [0.05, 0.1) is 0 Å². The molecule has 2 rings (SSSR count). The van der Waals surface area contributed by atoms with Crippen molar-refractivity contribution < 1.29 is 4.74 Å². The van der Waals surface area contributed by atoms with Crippen LogP contribution in [0.4, 0.5) is 0 Å². The topological polar surface area (TPSA) is 26.1 Å². The minimum absolute atomic E-state index is 0.384. The van der Waals surface area contributed by atoms with Gasteiger partial charge < -0.3 is 5.21 Å². The molecule has 0 atom stereocenters. The van der Waals surface area contributed by atoms with Crippen LogP contribution in [0.2, 0.25) is 0 Å². The maximum absolute atomic E-state index is 11.7. The summed E-state index contributed by atoms with van der Waals surface area (Å²) in [7, 11) is 0. The van der Waals surface area contributed by atoms with Crippen LogP contribution in [-0.2, 0) is 6.54 Å². The summed E-state index contributed by atoms with van der Waals surface area (Å²) in [5.74, 6) is 0. The summed E-state index contributed by atoms with van der Waals surface area (Å²) in [5.41, 5.74) is 3.15. The summed E-state index contributed by atoms with van der Waals surface area (Å²) in [6.45, 7) is 2.41. The van der Waals surface area contributed by atoms with Gasteiger partial charge in [0.25, 0.3) is 0 Å². The lowest BCUT2D eigenvalue weighted by Crippen LogP contribution is -2.05. The lowest BCUT2D eigenvalue weighted by molar-refractivity contribution is -0.469. The largest absolute Gasteiger partial charge is 0.624 e. The van der Waals surface area contributed by atoms with Gasteiger partial charge in [-0.3, -0.25) is 0 Å². The van der Waals surface area contributed by atoms with Crippen molar-refractivity contribution in [2.75, 3.05) is 0 Å². The first-order valence-electron chi connectivity index (χ1n) is 5.63. The second kappa shape index (κ2) is 5.30. The molecule has 0 saturated heterocycles. The quantitative estimate of drug-likeness (QED) is 0.341. The first kappa shape index (κ1) is 11.4. The van der Waals surface area contributed by atoms with Crippen molar-refractivity contribution in [2.45, 2.75) is 13.5 Å². The zero-order chi connectivity index (χ0) is 12.1. The number of rotatable bonds is 3. The molecule has 86 valence electrons. The molecule has 17 heavy (non-hydrogen) atoms. The highest BCUT2D eigenvalue weighted by Crippen LogP contribution is 2.02. The fraction of sp³-hybridized carbons (Fsp3) is 0.133. The average molecular weight is 225 g/mol. The third-order valence-corrected chi connectivity index (χ3v) is 2.55. The standard InChI is InChI=1S/C15H15NO/c1-13-7-9-15(10-8-13)12-16(17)11-14-5-3-2-4-6-14/h2-10,12H,11H2,1H3/b16-12-. The Morgan fingerprint density at radius 2 is 1.65 bits per heavy atom. The highest BCUT2D eigenvalue weighted by atomic mass is 16.5. The Hall–Kier alpha value is -2.09. The predicted molar refractivity (Wildman–Crippen MR) is 70.1 cm³/mol. The molecule has 2 aromatic carbocycles. The highest BCUT2D eigenvalue weighted by molar-refractivity contribution is 5.75. The second-order valence-corrected chi connectivity index (χ2v) is 4.10. The molecule has 0 radical (unpaired) electrons. The van der Waals surface area contributed by atoms with Gasteiger partial charge in [-0.05, 0) is 19.1 Å². The second-order valence-electron chi connectivity index (χ2n) is 4.10. The normalized spacial score (nSPS) is 11.5. The molecule has 0 heterocycles. The summed E-state index contributed by atoms with van der Waals surface area (Å²) >= 11 is 0. The molecule has 2 heteroatoms. The Morgan fingerprint density at radius 3 is 2.29 bits per heavy atom. The van der Waals surface area contributed by atoms with Crippen LogP contribution in [0.25, 0.3) is 0 Å². The Morgan fingerprint density at radius 1 is 1.00 bits per heavy atom. The highest BCUT2D eigenvalue weighted by Gasteiger charge is 1.98. The maximum atomic E-state index is 11.7. The van der Waals surface area contributed by atoms with Gasteiger partial charge in [-0.25, -0.2) is 4.74 Å². The molecule has 0 aromatic heterocycles. The van der Waals surface area contributed by atoms with E-state index in [4.69, 9.17) is 0 Å². The average Bonchev–Trinajstić information content (AvgIpc) is 2.33. The van der Waals surface area contributed by atoms with Crippen molar-refractivity contribution >= 4 is 6.21 Å². The molecule has 0 aliphatic rings. The van der Waals surface area contributed by atoms with Gasteiger partial charge in [0.1, 0.15) is 0 Å². The maximum Gasteiger partial charge on any atom is 0.182 e. The molecule has 0 amide bonds. The molecule has 0 N–H and O–H groups in total. The molecule has 2 nitrogen and oxygen atoms in total. The number of hydroxylamine groups is 1. The van der Waals surface area contributed by atoms with E-state index in [-0.39, 0.29) is 0 Å². The minimum atomic E-state index is 0.384. The Kier molecular flexibility index (Phi) is 3.55. The molecule has 0 fully saturated rings. The fourth-order valence-electron chi connectivity index (χ4n) is 1.63. The summed E-state index contributed by atoms with van der Waals surface area (Å²) in [6, 6.07) is 17.6. The van der Waals surface area contributed by atoms with Gasteiger partial charge in [0.15, 0.2) is 12.8 Å². The van der Waals surface area contributed by atoms with E-state index in [1.165, 1.54) is 5.56 Å². The van der Waals surface area contributed by atoms with Gasteiger partial charge in [0, 0.05) is 11.1 Å². The molecule has 2 aromatic rings. The molecule has 0 aliphatic heterocycles. The van der Waals surface area contributed by atoms with Gasteiger partial charge in [-0.2, -0.15) is 0 Å². The van der Waals surface area contributed by atoms with Crippen LogP contribution in [0.3, 0.4) is 0 Å². The SMILES string of the molecule is Cc1ccc(/C=[N+](\[O-])Cc2ccccc2)cc1. The van der Waals surface area contributed by atoms with Gasteiger partial charge >= 0.3 is 0 Å². The van der Waals surface area contributed by atoms with E-state index in [1.54, 1.807) is 6.21 Å². The number of aryl methyl sites for hydroxylation is 1. The summed E-state index contributed by atoms with van der Waals surface area (Å²) in [4.78, 5) is 0. The molecule has 0 bridgehead atoms. The van der Waals surface area contributed by atoms with Crippen LogP contribution < -0.4 is 0 Å². The summed E-state index contributed by atoms with van der Waals surface area (Å²) < 4.78 is 0.958. The molecule has 0 spiro atoms. The van der Waals surface area contributed by atoms with Crippen molar-refractivity contribution in [3.8, 4) is 0 Å². The van der Waals surface area contributed by atoms with E-state index in [2.05, 4.69) is 0 Å². The van der Waals surface area contributed by atoms with Crippen molar-refractivity contribution in [1.29, 1.82) is 0 Å². The van der Waals surface area contributed by atoms with Crippen LogP contribution in [-0.4, -0.2) is 11.0 Å². The zero-order valence-electron chi connectivity index (χ0n) is 9.84. The molecule has 0 saturated carbocycles. The first-order chi connectivity index (χ1) is 8.24. The van der Waals surface area contributed by atoms with Crippen LogP contribution in [0.5, 0.6) is 0 Å². The van der Waals surface area contributed by atoms with Crippen molar-refractivity contribution in [1.82, 2.24) is 0 Å². The first-order valence-corrected chi connectivity index (χ1v) is 5.63. The summed E-state index contributed by atoms with van der Waals surface area (Å²) in [6.07, 6.45) is 1.62. The van der Waals surface area contributed by atoms with E-state index in [0.717, 1.165) is 15.9 Å². The fourth-order valence-corrected chi connectivity index (χ4v) is 1.63. The molecular weight excluding hydrogens is 210 g/mol. The number of hydrogen-bond donors (Lipinski definition) is 0. The van der Waals surface area contributed by atoms with E-state index in [0.29, 0.717) is 6.54 Å². The Bertz CT molecular complexity index is 500. The lowest BCUT2D eigenvalue weighted by atomic mass is 10.2. The van der Waals surface area contributed by atoms with Crippen molar-refractivity contribution in [3.05, 3.63) is 76.5 Å². The lowest BCUT2D eigenvalue weighted by Gasteiger charge is -2.04. The predicted octanol–water partition coefficient (Wildman–Crippen LogP) is 3.12. The molecule has 0 unspecified atom stereocenters. The van der Waals surface area contributed by atoms with E-state index >= 15 is 0 Å².